The molecule has 1 aliphatic heterocycles. The van der Waals surface area contributed by atoms with E-state index in [2.05, 4.69) is 28.8 Å². The van der Waals surface area contributed by atoms with Gasteiger partial charge in [-0.25, -0.2) is 8.42 Å². The summed E-state index contributed by atoms with van der Waals surface area (Å²) >= 11 is 0. The Morgan fingerprint density at radius 3 is 2.35 bits per heavy atom. The number of sulfonamides is 1. The Labute approximate surface area is 184 Å². The molecule has 0 aromatic heterocycles. The Balaban J connectivity index is 1.48. The van der Waals surface area contributed by atoms with Crippen LogP contribution in [0.15, 0.2) is 60.0 Å². The van der Waals surface area contributed by atoms with E-state index in [0.29, 0.717) is 17.8 Å². The first-order chi connectivity index (χ1) is 14.8. The van der Waals surface area contributed by atoms with Gasteiger partial charge in [0, 0.05) is 37.4 Å². The average Bonchev–Trinajstić information content (AvgIpc) is 2.73. The number of rotatable bonds is 8. The molecule has 1 heterocycles. The summed E-state index contributed by atoms with van der Waals surface area (Å²) in [6.45, 7) is 7.11. The van der Waals surface area contributed by atoms with Crippen LogP contribution in [-0.2, 0) is 14.8 Å². The number of hydrogen-bond donors (Lipinski definition) is 2. The van der Waals surface area contributed by atoms with Crippen molar-refractivity contribution in [3.63, 3.8) is 0 Å². The zero-order chi connectivity index (χ0) is 22.3. The van der Waals surface area contributed by atoms with Crippen LogP contribution < -0.4 is 10.0 Å². The fraction of sp³-hybridized carbons (Fsp3) is 0.348. The molecule has 8 heteroatoms. The number of ether oxygens (including phenoxy) is 1. The predicted molar refractivity (Wildman–Crippen MR) is 123 cm³/mol. The maximum absolute atomic E-state index is 12.4. The van der Waals surface area contributed by atoms with Gasteiger partial charge in [-0.15, -0.1) is 0 Å². The maximum Gasteiger partial charge on any atom is 0.255 e. The number of hydrogen-bond acceptors (Lipinski definition) is 5. The summed E-state index contributed by atoms with van der Waals surface area (Å²) in [5, 5.41) is 4.03. The van der Waals surface area contributed by atoms with E-state index in [1.807, 2.05) is 30.3 Å². The monoisotopic (exact) mass is 443 g/mol. The second kappa shape index (κ2) is 10.6. The van der Waals surface area contributed by atoms with Gasteiger partial charge in [-0.05, 0) is 49.8 Å². The normalized spacial score (nSPS) is 19.9. The van der Waals surface area contributed by atoms with Gasteiger partial charge in [-0.2, -0.15) is 0 Å². The van der Waals surface area contributed by atoms with E-state index in [-0.39, 0.29) is 18.1 Å². The number of carbonyl (C=O) groups is 1. The fourth-order valence-corrected chi connectivity index (χ4v) is 4.39. The quantitative estimate of drug-likeness (QED) is 0.655. The van der Waals surface area contributed by atoms with Crippen molar-refractivity contribution in [3.05, 3.63) is 71.1 Å². The minimum absolute atomic E-state index is 0.187. The molecule has 0 radical (unpaired) electrons. The van der Waals surface area contributed by atoms with E-state index in [9.17, 15) is 13.2 Å². The molecular weight excluding hydrogens is 414 g/mol. The van der Waals surface area contributed by atoms with Crippen LogP contribution in [0.25, 0.3) is 6.08 Å². The smallest absolute Gasteiger partial charge is 0.255 e. The van der Waals surface area contributed by atoms with Crippen LogP contribution in [0.5, 0.6) is 0 Å². The van der Waals surface area contributed by atoms with E-state index in [1.165, 1.54) is 6.08 Å². The molecule has 2 aromatic rings. The van der Waals surface area contributed by atoms with Crippen molar-refractivity contribution in [3.8, 4) is 0 Å². The van der Waals surface area contributed by atoms with Crippen LogP contribution in [0, 0.1) is 0 Å². The first-order valence-electron chi connectivity index (χ1n) is 10.3. The summed E-state index contributed by atoms with van der Waals surface area (Å²) in [5.74, 6) is -0.187. The van der Waals surface area contributed by atoms with Gasteiger partial charge < -0.3 is 10.1 Å². The number of benzene rings is 2. The molecule has 1 saturated heterocycles. The van der Waals surface area contributed by atoms with Gasteiger partial charge in [-0.3, -0.25) is 14.4 Å². The molecule has 1 fully saturated rings. The number of amides is 1. The minimum atomic E-state index is -3.65. The molecule has 1 amide bonds. The molecule has 7 nitrogen and oxygen atoms in total. The second-order valence-electron chi connectivity index (χ2n) is 7.71. The lowest BCUT2D eigenvalue weighted by Crippen LogP contribution is -2.47. The summed E-state index contributed by atoms with van der Waals surface area (Å²) in [6.07, 6.45) is 1.91. The predicted octanol–water partition coefficient (Wildman–Crippen LogP) is 2.94. The Morgan fingerprint density at radius 1 is 1.06 bits per heavy atom. The lowest BCUT2D eigenvalue weighted by molar-refractivity contribution is -0.0672. The zero-order valence-electron chi connectivity index (χ0n) is 17.8. The highest BCUT2D eigenvalue weighted by Crippen LogP contribution is 2.13. The summed E-state index contributed by atoms with van der Waals surface area (Å²) in [5.41, 5.74) is 1.66. The van der Waals surface area contributed by atoms with E-state index in [4.69, 9.17) is 4.74 Å². The lowest BCUT2D eigenvalue weighted by atomic mass is 10.2. The van der Waals surface area contributed by atoms with E-state index < -0.39 is 10.0 Å². The number of nitrogens with zero attached hydrogens (tertiary/aromatic N) is 1. The zero-order valence-corrected chi connectivity index (χ0v) is 18.6. The van der Waals surface area contributed by atoms with Crippen LogP contribution in [-0.4, -0.2) is 57.6 Å². The Hall–Kier alpha value is -2.68. The summed E-state index contributed by atoms with van der Waals surface area (Å²) in [6, 6.07) is 15.5. The first kappa shape index (κ1) is 23.0. The highest BCUT2D eigenvalue weighted by atomic mass is 32.2. The van der Waals surface area contributed by atoms with Gasteiger partial charge in [0.1, 0.15) is 0 Å². The fourth-order valence-electron chi connectivity index (χ4n) is 3.52. The SMILES string of the molecule is CC1CN(CCNC(=O)c2ccc(NS(=O)(=O)/C=C/c3ccccc3)cc2)CC(C)O1. The number of nitrogens with one attached hydrogen (secondary N) is 2. The molecule has 0 spiro atoms. The van der Waals surface area contributed by atoms with Crippen LogP contribution in [0.2, 0.25) is 0 Å². The van der Waals surface area contributed by atoms with E-state index in [0.717, 1.165) is 30.6 Å². The topological polar surface area (TPSA) is 87.7 Å². The standard InChI is InChI=1S/C23H29N3O4S/c1-18-16-26(17-19(2)30-18)14-13-24-23(27)21-8-10-22(11-9-21)25-31(28,29)15-12-20-6-4-3-5-7-20/h3-12,15,18-19,25H,13-14,16-17H2,1-2H3,(H,24,27)/b15-12+. The summed E-state index contributed by atoms with van der Waals surface area (Å²) in [4.78, 5) is 14.6. The van der Waals surface area contributed by atoms with Crippen LogP contribution in [0.1, 0.15) is 29.8 Å². The average molecular weight is 444 g/mol. The molecular formula is C23H29N3O4S. The molecule has 2 N–H and O–H groups in total. The van der Waals surface area contributed by atoms with Gasteiger partial charge >= 0.3 is 0 Å². The van der Waals surface area contributed by atoms with Crippen molar-refractivity contribution in [1.29, 1.82) is 0 Å². The number of morpholine rings is 1. The van der Waals surface area contributed by atoms with Crippen molar-refractivity contribution in [2.24, 2.45) is 0 Å². The highest BCUT2D eigenvalue weighted by molar-refractivity contribution is 7.95. The van der Waals surface area contributed by atoms with Crippen molar-refractivity contribution in [1.82, 2.24) is 10.2 Å². The molecule has 0 aliphatic carbocycles. The lowest BCUT2D eigenvalue weighted by Gasteiger charge is -2.35. The largest absolute Gasteiger partial charge is 0.373 e. The molecule has 0 saturated carbocycles. The third-order valence-corrected chi connectivity index (χ3v) is 5.87. The first-order valence-corrected chi connectivity index (χ1v) is 11.9. The Morgan fingerprint density at radius 2 is 1.71 bits per heavy atom. The molecule has 3 rings (SSSR count). The Bertz CT molecular complexity index is 981. The molecule has 2 aromatic carbocycles. The molecule has 1 aliphatic rings. The maximum atomic E-state index is 12.4. The molecule has 166 valence electrons. The van der Waals surface area contributed by atoms with Crippen molar-refractivity contribution >= 4 is 27.7 Å². The summed E-state index contributed by atoms with van der Waals surface area (Å²) < 4.78 is 32.7. The van der Waals surface area contributed by atoms with Gasteiger partial charge in [-0.1, -0.05) is 30.3 Å². The van der Waals surface area contributed by atoms with Crippen molar-refractivity contribution < 1.29 is 17.9 Å². The van der Waals surface area contributed by atoms with Gasteiger partial charge in [0.05, 0.1) is 17.6 Å². The van der Waals surface area contributed by atoms with Gasteiger partial charge in [0.15, 0.2) is 0 Å². The van der Waals surface area contributed by atoms with Gasteiger partial charge in [0.2, 0.25) is 0 Å². The molecule has 0 bridgehead atoms. The second-order valence-corrected chi connectivity index (χ2v) is 9.28. The molecule has 2 atom stereocenters. The van der Waals surface area contributed by atoms with Crippen molar-refractivity contribution in [2.75, 3.05) is 30.9 Å². The van der Waals surface area contributed by atoms with E-state index in [1.54, 1.807) is 24.3 Å². The number of anilines is 1. The van der Waals surface area contributed by atoms with Crippen molar-refractivity contribution in [2.45, 2.75) is 26.1 Å². The van der Waals surface area contributed by atoms with E-state index >= 15 is 0 Å². The third-order valence-electron chi connectivity index (χ3n) is 4.86. The van der Waals surface area contributed by atoms with Crippen LogP contribution in [0.4, 0.5) is 5.69 Å². The van der Waals surface area contributed by atoms with Crippen LogP contribution >= 0.6 is 0 Å². The Kier molecular flexibility index (Phi) is 7.84. The third kappa shape index (κ3) is 7.50. The minimum Gasteiger partial charge on any atom is -0.373 e. The van der Waals surface area contributed by atoms with Crippen LogP contribution in [0.3, 0.4) is 0 Å². The summed E-state index contributed by atoms with van der Waals surface area (Å²) in [7, 11) is -3.65. The molecule has 31 heavy (non-hydrogen) atoms. The van der Waals surface area contributed by atoms with Gasteiger partial charge in [0.25, 0.3) is 15.9 Å². The molecule has 2 unspecified atom stereocenters. The highest BCUT2D eigenvalue weighted by Gasteiger charge is 2.21. The number of carbonyl (C=O) groups excluding carboxylic acids is 1.